The zero-order valence-electron chi connectivity index (χ0n) is 10.3. The molecule has 3 aromatic rings. The summed E-state index contributed by atoms with van der Waals surface area (Å²) in [5.41, 5.74) is 2.70. The number of rotatable bonds is 3. The fraction of sp³-hybridized carbons (Fsp3) is 0.133. The summed E-state index contributed by atoms with van der Waals surface area (Å²) in [6.45, 7) is 0.575. The standard InChI is InChI=1S/C15H13FN2O/c16-14-5-12(7-17-8-14)9-18-4-3-13-2-1-11(10-19)6-15(13)18/h1-8,19H,9-10H2. The molecule has 0 saturated carbocycles. The molecule has 0 saturated heterocycles. The van der Waals surface area contributed by atoms with E-state index in [1.807, 2.05) is 35.0 Å². The number of hydrogen-bond donors (Lipinski definition) is 1. The van der Waals surface area contributed by atoms with Crippen LogP contribution in [0.25, 0.3) is 10.9 Å². The average Bonchev–Trinajstić information content (AvgIpc) is 2.81. The van der Waals surface area contributed by atoms with Crippen LogP contribution in [-0.2, 0) is 13.2 Å². The Hall–Kier alpha value is -2.20. The zero-order chi connectivity index (χ0) is 13.2. The molecule has 3 nitrogen and oxygen atoms in total. The SMILES string of the molecule is OCc1ccc2ccn(Cc3cncc(F)c3)c2c1. The van der Waals surface area contributed by atoms with Crippen LogP contribution in [0, 0.1) is 5.82 Å². The molecule has 2 aromatic heterocycles. The van der Waals surface area contributed by atoms with Gasteiger partial charge in [-0.15, -0.1) is 0 Å². The van der Waals surface area contributed by atoms with Crippen molar-refractivity contribution in [2.45, 2.75) is 13.2 Å². The predicted molar refractivity (Wildman–Crippen MR) is 71.2 cm³/mol. The smallest absolute Gasteiger partial charge is 0.141 e. The normalized spacial score (nSPS) is 11.1. The minimum Gasteiger partial charge on any atom is -0.392 e. The summed E-state index contributed by atoms with van der Waals surface area (Å²) < 4.78 is 15.1. The van der Waals surface area contributed by atoms with Crippen molar-refractivity contribution >= 4 is 10.9 Å². The molecule has 19 heavy (non-hydrogen) atoms. The van der Waals surface area contributed by atoms with E-state index in [9.17, 15) is 9.50 Å². The molecule has 3 rings (SSSR count). The Bertz CT molecular complexity index is 721. The zero-order valence-corrected chi connectivity index (χ0v) is 10.3. The second-order valence-corrected chi connectivity index (χ2v) is 4.51. The quantitative estimate of drug-likeness (QED) is 0.782. The lowest BCUT2D eigenvalue weighted by Gasteiger charge is -2.06. The summed E-state index contributed by atoms with van der Waals surface area (Å²) in [5, 5.41) is 10.3. The number of hydrogen-bond acceptors (Lipinski definition) is 2. The Morgan fingerprint density at radius 1 is 1.11 bits per heavy atom. The third kappa shape index (κ3) is 2.35. The van der Waals surface area contributed by atoms with E-state index >= 15 is 0 Å². The second kappa shape index (κ2) is 4.82. The number of nitrogens with zero attached hydrogens (tertiary/aromatic N) is 2. The van der Waals surface area contributed by atoms with E-state index in [2.05, 4.69) is 4.98 Å². The van der Waals surface area contributed by atoms with Crippen LogP contribution in [0.5, 0.6) is 0 Å². The first kappa shape index (κ1) is 11.9. The molecule has 0 unspecified atom stereocenters. The molecule has 4 heteroatoms. The van der Waals surface area contributed by atoms with Crippen LogP contribution in [0.1, 0.15) is 11.1 Å². The van der Waals surface area contributed by atoms with Gasteiger partial charge in [0.05, 0.1) is 12.8 Å². The number of benzene rings is 1. The van der Waals surface area contributed by atoms with Crippen molar-refractivity contribution < 1.29 is 9.50 Å². The fourth-order valence-electron chi connectivity index (χ4n) is 2.20. The molecule has 1 aromatic carbocycles. The Kier molecular flexibility index (Phi) is 3.01. The van der Waals surface area contributed by atoms with E-state index in [0.717, 1.165) is 22.0 Å². The molecule has 1 N–H and O–H groups in total. The highest BCUT2D eigenvalue weighted by atomic mass is 19.1. The van der Waals surface area contributed by atoms with E-state index in [4.69, 9.17) is 0 Å². The molecule has 0 fully saturated rings. The Balaban J connectivity index is 2.00. The van der Waals surface area contributed by atoms with Crippen molar-refractivity contribution in [1.82, 2.24) is 9.55 Å². The highest BCUT2D eigenvalue weighted by Gasteiger charge is 2.04. The molecule has 96 valence electrons. The molecule has 2 heterocycles. The highest BCUT2D eigenvalue weighted by Crippen LogP contribution is 2.19. The molecule has 0 amide bonds. The van der Waals surface area contributed by atoms with Gasteiger partial charge in [-0.25, -0.2) is 4.39 Å². The number of aromatic nitrogens is 2. The lowest BCUT2D eigenvalue weighted by Crippen LogP contribution is -1.99. The van der Waals surface area contributed by atoms with Gasteiger partial charge in [-0.2, -0.15) is 0 Å². The third-order valence-corrected chi connectivity index (χ3v) is 3.14. The first-order chi connectivity index (χ1) is 9.26. The lowest BCUT2D eigenvalue weighted by molar-refractivity contribution is 0.282. The van der Waals surface area contributed by atoms with Crippen molar-refractivity contribution in [3.8, 4) is 0 Å². The Labute approximate surface area is 109 Å². The maximum atomic E-state index is 13.1. The van der Waals surface area contributed by atoms with E-state index in [0.29, 0.717) is 6.54 Å². The third-order valence-electron chi connectivity index (χ3n) is 3.14. The topological polar surface area (TPSA) is 38.0 Å². The molecule has 0 spiro atoms. The van der Waals surface area contributed by atoms with Gasteiger partial charge >= 0.3 is 0 Å². The van der Waals surface area contributed by atoms with Gasteiger partial charge in [-0.3, -0.25) is 4.98 Å². The van der Waals surface area contributed by atoms with Crippen LogP contribution in [0.3, 0.4) is 0 Å². The summed E-state index contributed by atoms with van der Waals surface area (Å²) in [6.07, 6.45) is 4.81. The summed E-state index contributed by atoms with van der Waals surface area (Å²) >= 11 is 0. The fourth-order valence-corrected chi connectivity index (χ4v) is 2.20. The van der Waals surface area contributed by atoms with Gasteiger partial charge in [0.1, 0.15) is 5.82 Å². The highest BCUT2D eigenvalue weighted by molar-refractivity contribution is 5.80. The number of aliphatic hydroxyl groups is 1. The van der Waals surface area contributed by atoms with Gasteiger partial charge in [-0.05, 0) is 34.7 Å². The van der Waals surface area contributed by atoms with Crippen LogP contribution in [-0.4, -0.2) is 14.7 Å². The number of halogens is 1. The molecule has 0 atom stereocenters. The second-order valence-electron chi connectivity index (χ2n) is 4.51. The summed E-state index contributed by atoms with van der Waals surface area (Å²) in [7, 11) is 0. The Morgan fingerprint density at radius 2 is 2.00 bits per heavy atom. The van der Waals surface area contributed by atoms with Crippen molar-refractivity contribution in [3.05, 3.63) is 65.9 Å². The molecular formula is C15H13FN2O. The molecule has 0 aliphatic carbocycles. The van der Waals surface area contributed by atoms with Gasteiger partial charge < -0.3 is 9.67 Å². The molecule has 0 aliphatic heterocycles. The van der Waals surface area contributed by atoms with Crippen LogP contribution < -0.4 is 0 Å². The monoisotopic (exact) mass is 256 g/mol. The number of fused-ring (bicyclic) bond motifs is 1. The summed E-state index contributed by atoms with van der Waals surface area (Å²) in [6, 6.07) is 9.30. The minimum atomic E-state index is -0.329. The number of aliphatic hydroxyl groups excluding tert-OH is 1. The molecular weight excluding hydrogens is 243 g/mol. The van der Waals surface area contributed by atoms with Crippen molar-refractivity contribution in [3.63, 3.8) is 0 Å². The van der Waals surface area contributed by atoms with Gasteiger partial charge in [0.15, 0.2) is 0 Å². The van der Waals surface area contributed by atoms with E-state index in [1.165, 1.54) is 12.3 Å². The van der Waals surface area contributed by atoms with Crippen LogP contribution in [0.15, 0.2) is 48.9 Å². The maximum Gasteiger partial charge on any atom is 0.141 e. The van der Waals surface area contributed by atoms with E-state index in [-0.39, 0.29) is 12.4 Å². The van der Waals surface area contributed by atoms with Gasteiger partial charge in [-0.1, -0.05) is 12.1 Å². The van der Waals surface area contributed by atoms with Crippen molar-refractivity contribution in [2.24, 2.45) is 0 Å². The largest absolute Gasteiger partial charge is 0.392 e. The predicted octanol–water partition coefficient (Wildman–Crippen LogP) is 2.72. The van der Waals surface area contributed by atoms with E-state index < -0.39 is 0 Å². The average molecular weight is 256 g/mol. The lowest BCUT2D eigenvalue weighted by atomic mass is 10.2. The maximum absolute atomic E-state index is 13.1. The number of pyridine rings is 1. The van der Waals surface area contributed by atoms with Gasteiger partial charge in [0.2, 0.25) is 0 Å². The van der Waals surface area contributed by atoms with Crippen molar-refractivity contribution in [2.75, 3.05) is 0 Å². The summed E-state index contributed by atoms with van der Waals surface area (Å²) in [4.78, 5) is 3.85. The molecule has 0 aliphatic rings. The van der Waals surface area contributed by atoms with E-state index in [1.54, 1.807) is 6.20 Å². The Morgan fingerprint density at radius 3 is 2.79 bits per heavy atom. The van der Waals surface area contributed by atoms with Crippen LogP contribution in [0.2, 0.25) is 0 Å². The molecule has 0 bridgehead atoms. The molecule has 0 radical (unpaired) electrons. The summed E-state index contributed by atoms with van der Waals surface area (Å²) in [5.74, 6) is -0.329. The van der Waals surface area contributed by atoms with Crippen LogP contribution in [0.4, 0.5) is 4.39 Å². The van der Waals surface area contributed by atoms with Crippen molar-refractivity contribution in [1.29, 1.82) is 0 Å². The minimum absolute atomic E-state index is 0.0165. The first-order valence-electron chi connectivity index (χ1n) is 6.04. The first-order valence-corrected chi connectivity index (χ1v) is 6.04. The van der Waals surface area contributed by atoms with Gasteiger partial charge in [0, 0.05) is 24.5 Å². The van der Waals surface area contributed by atoms with Gasteiger partial charge in [0.25, 0.3) is 0 Å². The van der Waals surface area contributed by atoms with Crippen LogP contribution >= 0.6 is 0 Å².